The molecule has 2 heterocycles. The highest BCUT2D eigenvalue weighted by Gasteiger charge is 2.20. The fourth-order valence-electron chi connectivity index (χ4n) is 3.05. The van der Waals surface area contributed by atoms with Gasteiger partial charge in [0.05, 0.1) is 24.2 Å². The maximum atomic E-state index is 13.5. The van der Waals surface area contributed by atoms with Crippen LogP contribution in [-0.4, -0.2) is 57.7 Å². The van der Waals surface area contributed by atoms with Gasteiger partial charge < -0.3 is 15.0 Å². The Bertz CT molecular complexity index is 1010. The first-order valence-electron chi connectivity index (χ1n) is 9.55. The second-order valence-corrected chi connectivity index (χ2v) is 8.06. The summed E-state index contributed by atoms with van der Waals surface area (Å²) in [5.74, 6) is -0.557. The van der Waals surface area contributed by atoms with Gasteiger partial charge in [0.15, 0.2) is 0 Å². The number of morpholine rings is 1. The van der Waals surface area contributed by atoms with E-state index in [2.05, 4.69) is 25.7 Å². The zero-order valence-corrected chi connectivity index (χ0v) is 17.2. The van der Waals surface area contributed by atoms with Crippen molar-refractivity contribution in [3.05, 3.63) is 54.3 Å². The normalized spacial score (nSPS) is 15.1. The van der Waals surface area contributed by atoms with Gasteiger partial charge in [0, 0.05) is 24.5 Å². The van der Waals surface area contributed by atoms with E-state index in [1.54, 1.807) is 19.1 Å². The number of carbonyl (C=O) groups is 1. The van der Waals surface area contributed by atoms with Crippen molar-refractivity contribution >= 4 is 29.0 Å². The minimum absolute atomic E-state index is 0.173. The highest BCUT2D eigenvalue weighted by atomic mass is 32.2. The molecule has 0 aliphatic carbocycles. The number of halogens is 1. The largest absolute Gasteiger partial charge is 0.378 e. The minimum Gasteiger partial charge on any atom is -0.378 e. The van der Waals surface area contributed by atoms with Crippen molar-refractivity contribution in [2.75, 3.05) is 36.5 Å². The molecular formula is C20H21FN6O2S. The summed E-state index contributed by atoms with van der Waals surface area (Å²) in [5.41, 5.74) is 2.32. The van der Waals surface area contributed by atoms with E-state index in [1.165, 1.54) is 28.6 Å². The molecule has 1 aromatic heterocycles. The van der Waals surface area contributed by atoms with E-state index in [0.717, 1.165) is 32.0 Å². The number of nitrogens with one attached hydrogen (secondary N) is 1. The van der Waals surface area contributed by atoms with Crippen molar-refractivity contribution in [3.8, 4) is 5.69 Å². The summed E-state index contributed by atoms with van der Waals surface area (Å²) in [7, 11) is 0. The van der Waals surface area contributed by atoms with Gasteiger partial charge in [0.2, 0.25) is 11.1 Å². The summed E-state index contributed by atoms with van der Waals surface area (Å²) in [6, 6.07) is 13.7. The smallest absolute Gasteiger partial charge is 0.237 e. The quantitative estimate of drug-likeness (QED) is 0.604. The fraction of sp³-hybridized carbons (Fsp3) is 0.300. The Balaban J connectivity index is 1.38. The lowest BCUT2D eigenvalue weighted by Crippen LogP contribution is -2.36. The second-order valence-electron chi connectivity index (χ2n) is 6.75. The van der Waals surface area contributed by atoms with Crippen LogP contribution in [0.5, 0.6) is 0 Å². The number of amides is 1. The zero-order valence-electron chi connectivity index (χ0n) is 16.4. The van der Waals surface area contributed by atoms with Gasteiger partial charge in [-0.2, -0.15) is 4.68 Å². The molecule has 1 aliphatic heterocycles. The number of rotatable bonds is 6. The number of tetrazole rings is 1. The molecule has 1 aliphatic rings. The topological polar surface area (TPSA) is 85.2 Å². The Labute approximate surface area is 177 Å². The summed E-state index contributed by atoms with van der Waals surface area (Å²) in [6.07, 6.45) is 0. The second kappa shape index (κ2) is 9.23. The third-order valence-electron chi connectivity index (χ3n) is 4.66. The SMILES string of the molecule is C[C@H](Sc1nnnn1-c1cccc(F)c1)C(=O)Nc1ccc(N2CCOCC2)cc1. The molecule has 1 amide bonds. The van der Waals surface area contributed by atoms with Crippen LogP contribution < -0.4 is 10.2 Å². The Morgan fingerprint density at radius 3 is 2.67 bits per heavy atom. The first-order chi connectivity index (χ1) is 14.6. The molecule has 1 N–H and O–H groups in total. The van der Waals surface area contributed by atoms with E-state index in [-0.39, 0.29) is 11.7 Å². The average molecular weight is 428 g/mol. The molecule has 8 nitrogen and oxygen atoms in total. The summed E-state index contributed by atoms with van der Waals surface area (Å²) in [5, 5.41) is 14.4. The molecule has 0 bridgehead atoms. The number of hydrogen-bond donors (Lipinski definition) is 1. The van der Waals surface area contributed by atoms with E-state index >= 15 is 0 Å². The number of nitrogens with zero attached hydrogens (tertiary/aromatic N) is 5. The van der Waals surface area contributed by atoms with Crippen molar-refractivity contribution in [3.63, 3.8) is 0 Å². The van der Waals surface area contributed by atoms with E-state index in [9.17, 15) is 9.18 Å². The van der Waals surface area contributed by atoms with Crippen LogP contribution in [0.4, 0.5) is 15.8 Å². The number of ether oxygens (including phenoxy) is 1. The summed E-state index contributed by atoms with van der Waals surface area (Å²) >= 11 is 1.20. The van der Waals surface area contributed by atoms with Crippen molar-refractivity contribution in [1.82, 2.24) is 20.2 Å². The zero-order chi connectivity index (χ0) is 20.9. The molecule has 0 radical (unpaired) electrons. The van der Waals surface area contributed by atoms with E-state index < -0.39 is 5.25 Å². The Hall–Kier alpha value is -2.98. The summed E-state index contributed by atoms with van der Waals surface area (Å²) < 4.78 is 20.3. The third kappa shape index (κ3) is 4.77. The number of hydrogen-bond acceptors (Lipinski definition) is 7. The molecule has 0 saturated carbocycles. The van der Waals surface area contributed by atoms with E-state index in [1.807, 2.05) is 24.3 Å². The average Bonchev–Trinajstić information content (AvgIpc) is 3.23. The standard InChI is InChI=1S/C20H21FN6O2S/c1-14(30-20-23-24-25-27(20)18-4-2-3-15(21)13-18)19(28)22-16-5-7-17(8-6-16)26-9-11-29-12-10-26/h2-8,13-14H,9-12H2,1H3,(H,22,28)/t14-/m0/s1. The first-order valence-corrected chi connectivity index (χ1v) is 10.4. The fourth-order valence-corrected chi connectivity index (χ4v) is 3.86. The van der Waals surface area contributed by atoms with Crippen LogP contribution in [0.1, 0.15) is 6.92 Å². The lowest BCUT2D eigenvalue weighted by Gasteiger charge is -2.28. The molecule has 156 valence electrons. The number of thioether (sulfide) groups is 1. The molecule has 4 rings (SSSR count). The number of aromatic nitrogens is 4. The Morgan fingerprint density at radius 2 is 1.93 bits per heavy atom. The van der Waals surface area contributed by atoms with Gasteiger partial charge in [-0.15, -0.1) is 5.10 Å². The Morgan fingerprint density at radius 1 is 1.17 bits per heavy atom. The summed E-state index contributed by atoms with van der Waals surface area (Å²) in [4.78, 5) is 14.9. The molecule has 0 unspecified atom stereocenters. The molecular weight excluding hydrogens is 407 g/mol. The van der Waals surface area contributed by atoms with Crippen molar-refractivity contribution < 1.29 is 13.9 Å². The van der Waals surface area contributed by atoms with Crippen LogP contribution in [-0.2, 0) is 9.53 Å². The molecule has 3 aromatic rings. The van der Waals surface area contributed by atoms with Crippen molar-refractivity contribution in [1.29, 1.82) is 0 Å². The van der Waals surface area contributed by atoms with Gasteiger partial charge in [0.1, 0.15) is 5.82 Å². The number of benzene rings is 2. The van der Waals surface area contributed by atoms with Crippen LogP contribution in [0.3, 0.4) is 0 Å². The Kier molecular flexibility index (Phi) is 6.24. The molecule has 0 spiro atoms. The number of carbonyl (C=O) groups excluding carboxylic acids is 1. The van der Waals surface area contributed by atoms with Crippen LogP contribution >= 0.6 is 11.8 Å². The molecule has 30 heavy (non-hydrogen) atoms. The molecule has 2 aromatic carbocycles. The highest BCUT2D eigenvalue weighted by Crippen LogP contribution is 2.25. The lowest BCUT2D eigenvalue weighted by atomic mass is 10.2. The van der Waals surface area contributed by atoms with E-state index in [4.69, 9.17) is 4.74 Å². The van der Waals surface area contributed by atoms with Crippen molar-refractivity contribution in [2.24, 2.45) is 0 Å². The maximum absolute atomic E-state index is 13.5. The molecule has 1 saturated heterocycles. The van der Waals surface area contributed by atoms with Gasteiger partial charge in [-0.3, -0.25) is 4.79 Å². The lowest BCUT2D eigenvalue weighted by molar-refractivity contribution is -0.115. The van der Waals surface area contributed by atoms with Crippen LogP contribution in [0.15, 0.2) is 53.7 Å². The van der Waals surface area contributed by atoms with Crippen molar-refractivity contribution in [2.45, 2.75) is 17.3 Å². The van der Waals surface area contributed by atoms with Gasteiger partial charge >= 0.3 is 0 Å². The molecule has 1 atom stereocenters. The van der Waals surface area contributed by atoms with E-state index in [0.29, 0.717) is 16.5 Å². The van der Waals surface area contributed by atoms with Gasteiger partial charge in [-0.25, -0.2) is 4.39 Å². The maximum Gasteiger partial charge on any atom is 0.237 e. The van der Waals surface area contributed by atoms with Gasteiger partial charge in [0.25, 0.3) is 0 Å². The molecule has 10 heteroatoms. The highest BCUT2D eigenvalue weighted by molar-refractivity contribution is 8.00. The van der Waals surface area contributed by atoms with Gasteiger partial charge in [-0.05, 0) is 59.8 Å². The predicted molar refractivity (Wildman–Crippen MR) is 113 cm³/mol. The molecule has 1 fully saturated rings. The van der Waals surface area contributed by atoms with Crippen LogP contribution in [0.2, 0.25) is 0 Å². The third-order valence-corrected chi connectivity index (χ3v) is 5.69. The summed E-state index contributed by atoms with van der Waals surface area (Å²) in [6.45, 7) is 4.94. The first kappa shape index (κ1) is 20.3. The van der Waals surface area contributed by atoms with Crippen LogP contribution in [0, 0.1) is 5.82 Å². The number of anilines is 2. The predicted octanol–water partition coefficient (Wildman–Crippen LogP) is 2.76. The van der Waals surface area contributed by atoms with Crippen LogP contribution in [0.25, 0.3) is 5.69 Å². The van der Waals surface area contributed by atoms with Gasteiger partial charge in [-0.1, -0.05) is 17.8 Å². The minimum atomic E-state index is -0.456. The monoisotopic (exact) mass is 428 g/mol.